The highest BCUT2D eigenvalue weighted by atomic mass is 16.6. The number of carbonyl (C=O) groups is 1. The van der Waals surface area contributed by atoms with Gasteiger partial charge in [0.15, 0.2) is 6.61 Å². The first-order valence-electron chi connectivity index (χ1n) is 8.47. The van der Waals surface area contributed by atoms with Gasteiger partial charge in [0.05, 0.1) is 11.0 Å². The van der Waals surface area contributed by atoms with E-state index in [0.29, 0.717) is 5.92 Å². The molecule has 7 nitrogen and oxygen atoms in total. The zero-order chi connectivity index (χ0) is 18.2. The Hall–Kier alpha value is -2.44. The van der Waals surface area contributed by atoms with Crippen LogP contribution >= 0.6 is 0 Å². The lowest BCUT2D eigenvalue weighted by atomic mass is 9.70. The Morgan fingerprint density at radius 2 is 2.20 bits per heavy atom. The molecule has 0 heterocycles. The minimum Gasteiger partial charge on any atom is -0.483 e. The highest BCUT2D eigenvalue weighted by Crippen LogP contribution is 2.63. The first-order chi connectivity index (χ1) is 11.7. The normalized spacial score (nSPS) is 28.1. The number of ether oxygens (including phenoxy) is 1. The Morgan fingerprint density at radius 3 is 2.80 bits per heavy atom. The van der Waals surface area contributed by atoms with Gasteiger partial charge < -0.3 is 4.74 Å². The number of hydrazone groups is 1. The van der Waals surface area contributed by atoms with Crippen LogP contribution in [-0.2, 0) is 4.79 Å². The van der Waals surface area contributed by atoms with Crippen molar-refractivity contribution in [2.75, 3.05) is 6.61 Å². The summed E-state index contributed by atoms with van der Waals surface area (Å²) in [6.45, 7) is 6.55. The maximum absolute atomic E-state index is 12.0. The number of nitro benzene ring substituents is 1. The van der Waals surface area contributed by atoms with Crippen LogP contribution < -0.4 is 10.2 Å². The van der Waals surface area contributed by atoms with Gasteiger partial charge in [0.25, 0.3) is 11.6 Å². The molecule has 1 amide bonds. The molecule has 3 rings (SSSR count). The van der Waals surface area contributed by atoms with E-state index in [1.54, 1.807) is 6.07 Å². The zero-order valence-electron chi connectivity index (χ0n) is 14.7. The lowest BCUT2D eigenvalue weighted by Crippen LogP contribution is -2.35. The van der Waals surface area contributed by atoms with Crippen molar-refractivity contribution in [3.8, 4) is 5.75 Å². The summed E-state index contributed by atoms with van der Waals surface area (Å²) in [5.41, 5.74) is 3.79. The molecule has 25 heavy (non-hydrogen) atoms. The quantitative estimate of drug-likeness (QED) is 0.654. The number of hydrogen-bond acceptors (Lipinski definition) is 5. The molecule has 1 N–H and O–H groups in total. The van der Waals surface area contributed by atoms with Gasteiger partial charge >= 0.3 is 0 Å². The molecule has 0 aromatic heterocycles. The van der Waals surface area contributed by atoms with Crippen molar-refractivity contribution in [3.63, 3.8) is 0 Å². The maximum atomic E-state index is 12.0. The second-order valence-corrected chi connectivity index (χ2v) is 7.63. The molecule has 7 heteroatoms. The number of nitro groups is 1. The smallest absolute Gasteiger partial charge is 0.277 e. The van der Waals surface area contributed by atoms with E-state index in [1.807, 2.05) is 0 Å². The fourth-order valence-electron chi connectivity index (χ4n) is 4.10. The Balaban J connectivity index is 1.57. The third-order valence-electron chi connectivity index (χ3n) is 6.23. The lowest BCUT2D eigenvalue weighted by molar-refractivity contribution is -0.384. The molecule has 1 aromatic carbocycles. The summed E-state index contributed by atoms with van der Waals surface area (Å²) in [6.07, 6.45) is 3.24. The van der Waals surface area contributed by atoms with Crippen LogP contribution in [0.25, 0.3) is 0 Å². The number of nitrogens with zero attached hydrogens (tertiary/aromatic N) is 2. The molecule has 2 unspecified atom stereocenters. The van der Waals surface area contributed by atoms with Gasteiger partial charge in [-0.15, -0.1) is 0 Å². The molecule has 134 valence electrons. The highest BCUT2D eigenvalue weighted by molar-refractivity contribution is 5.95. The number of fused-ring (bicyclic) bond motifs is 2. The van der Waals surface area contributed by atoms with Crippen LogP contribution in [0.5, 0.6) is 5.75 Å². The lowest BCUT2D eigenvalue weighted by Gasteiger charge is -2.34. The summed E-state index contributed by atoms with van der Waals surface area (Å²) >= 11 is 0. The SMILES string of the molecule is CC12CCC(CC1=NNC(=O)COc1cccc([N+](=O)[O-])c1)C2(C)C. The first-order valence-corrected chi connectivity index (χ1v) is 8.47. The Kier molecular flexibility index (Phi) is 4.26. The average Bonchev–Trinajstić information content (AvgIpc) is 2.91. The van der Waals surface area contributed by atoms with Crippen molar-refractivity contribution in [1.29, 1.82) is 0 Å². The molecule has 2 fully saturated rings. The number of hydrogen-bond donors (Lipinski definition) is 1. The van der Waals surface area contributed by atoms with Crippen molar-refractivity contribution in [1.82, 2.24) is 5.43 Å². The van der Waals surface area contributed by atoms with Gasteiger partial charge in [0.1, 0.15) is 5.75 Å². The molecule has 2 aliphatic rings. The number of amides is 1. The van der Waals surface area contributed by atoms with E-state index in [9.17, 15) is 14.9 Å². The van der Waals surface area contributed by atoms with E-state index in [-0.39, 0.29) is 34.8 Å². The first kappa shape index (κ1) is 17.4. The van der Waals surface area contributed by atoms with Crippen molar-refractivity contribution in [3.05, 3.63) is 34.4 Å². The summed E-state index contributed by atoms with van der Waals surface area (Å²) in [6, 6.07) is 5.75. The van der Waals surface area contributed by atoms with Gasteiger partial charge in [-0.25, -0.2) is 5.43 Å². The van der Waals surface area contributed by atoms with Gasteiger partial charge in [-0.1, -0.05) is 26.8 Å². The van der Waals surface area contributed by atoms with Crippen molar-refractivity contribution in [2.45, 2.75) is 40.0 Å². The Morgan fingerprint density at radius 1 is 1.44 bits per heavy atom. The van der Waals surface area contributed by atoms with Crippen LogP contribution in [-0.4, -0.2) is 23.1 Å². The predicted octanol–water partition coefficient (Wildman–Crippen LogP) is 3.29. The van der Waals surface area contributed by atoms with Crippen LogP contribution in [0.4, 0.5) is 5.69 Å². The molecule has 1 aromatic rings. The summed E-state index contributed by atoms with van der Waals surface area (Å²) in [5.74, 6) is 0.530. The molecule has 2 atom stereocenters. The van der Waals surface area contributed by atoms with Gasteiger partial charge in [-0.3, -0.25) is 14.9 Å². The standard InChI is InChI=1S/C18H23N3O4/c1-17(2)12-7-8-18(17,3)15(9-12)19-20-16(22)11-25-14-6-4-5-13(10-14)21(23)24/h4-6,10,12H,7-9,11H2,1-3H3,(H,20,22). The second-order valence-electron chi connectivity index (χ2n) is 7.63. The maximum Gasteiger partial charge on any atom is 0.277 e. The van der Waals surface area contributed by atoms with Crippen molar-refractivity contribution < 1.29 is 14.5 Å². The molecular formula is C18H23N3O4. The van der Waals surface area contributed by atoms with Crippen molar-refractivity contribution >= 4 is 17.3 Å². The van der Waals surface area contributed by atoms with Gasteiger partial charge in [-0.2, -0.15) is 5.10 Å². The summed E-state index contributed by atoms with van der Waals surface area (Å²) in [5, 5.41) is 15.1. The second kappa shape index (κ2) is 6.13. The molecular weight excluding hydrogens is 322 g/mol. The van der Waals surface area contributed by atoms with Crippen molar-refractivity contribution in [2.24, 2.45) is 21.8 Å². The largest absolute Gasteiger partial charge is 0.483 e. The average molecular weight is 345 g/mol. The minimum atomic E-state index is -0.503. The Labute approximate surface area is 146 Å². The number of rotatable bonds is 5. The van der Waals surface area contributed by atoms with Crippen LogP contribution in [0, 0.1) is 26.9 Å². The fourth-order valence-corrected chi connectivity index (χ4v) is 4.10. The van der Waals surface area contributed by atoms with Gasteiger partial charge in [0.2, 0.25) is 0 Å². The highest BCUT2D eigenvalue weighted by Gasteiger charge is 2.59. The summed E-state index contributed by atoms with van der Waals surface area (Å²) in [4.78, 5) is 22.2. The van der Waals surface area contributed by atoms with E-state index in [2.05, 4.69) is 31.3 Å². The molecule has 0 saturated heterocycles. The van der Waals surface area contributed by atoms with E-state index < -0.39 is 4.92 Å². The molecule has 2 saturated carbocycles. The zero-order valence-corrected chi connectivity index (χ0v) is 14.7. The van der Waals surface area contributed by atoms with Crippen LogP contribution in [0.3, 0.4) is 0 Å². The van der Waals surface area contributed by atoms with Crippen LogP contribution in [0.1, 0.15) is 40.0 Å². The van der Waals surface area contributed by atoms with E-state index in [4.69, 9.17) is 4.74 Å². The minimum absolute atomic E-state index is 0.0336. The number of non-ortho nitro benzene ring substituents is 1. The monoisotopic (exact) mass is 345 g/mol. The Bertz CT molecular complexity index is 744. The predicted molar refractivity (Wildman–Crippen MR) is 93.4 cm³/mol. The van der Waals surface area contributed by atoms with Crippen LogP contribution in [0.2, 0.25) is 0 Å². The number of benzene rings is 1. The summed E-state index contributed by atoms with van der Waals surface area (Å²) in [7, 11) is 0. The third-order valence-corrected chi connectivity index (χ3v) is 6.23. The summed E-state index contributed by atoms with van der Waals surface area (Å²) < 4.78 is 5.32. The number of nitrogens with one attached hydrogen (secondary N) is 1. The van der Waals surface area contributed by atoms with E-state index >= 15 is 0 Å². The van der Waals surface area contributed by atoms with Crippen LogP contribution in [0.15, 0.2) is 29.4 Å². The fraction of sp³-hybridized carbons (Fsp3) is 0.556. The molecule has 0 radical (unpaired) electrons. The molecule has 0 spiro atoms. The van der Waals surface area contributed by atoms with Gasteiger partial charge in [0, 0.05) is 17.2 Å². The third kappa shape index (κ3) is 2.99. The molecule has 0 aliphatic heterocycles. The number of carbonyl (C=O) groups excluding carboxylic acids is 1. The van der Waals surface area contributed by atoms with E-state index in [0.717, 1.165) is 18.6 Å². The topological polar surface area (TPSA) is 93.8 Å². The molecule has 2 aliphatic carbocycles. The molecule has 2 bridgehead atoms. The van der Waals surface area contributed by atoms with E-state index in [1.165, 1.54) is 24.6 Å². The van der Waals surface area contributed by atoms with Gasteiger partial charge in [-0.05, 0) is 36.7 Å².